The van der Waals surface area contributed by atoms with E-state index < -0.39 is 12.1 Å². The smallest absolute Gasteiger partial charge is 0.338 e. The topological polar surface area (TPSA) is 49.9 Å². The summed E-state index contributed by atoms with van der Waals surface area (Å²) in [5.74, 6) is -0.636. The summed E-state index contributed by atoms with van der Waals surface area (Å²) < 4.78 is 5.43. The summed E-state index contributed by atoms with van der Waals surface area (Å²) in [6.07, 6.45) is 0.0174. The van der Waals surface area contributed by atoms with Crippen molar-refractivity contribution in [2.75, 3.05) is 25.5 Å². The highest BCUT2D eigenvalue weighted by Crippen LogP contribution is 2.20. The number of carbonyl (C=O) groups excluding carboxylic acids is 2. The van der Waals surface area contributed by atoms with Gasteiger partial charge in [-0.05, 0) is 42.7 Å². The Balaban J connectivity index is 1.64. The summed E-state index contributed by atoms with van der Waals surface area (Å²) in [4.78, 5) is 28.8. The molecular weight excluding hydrogens is 328 g/mol. The highest BCUT2D eigenvalue weighted by molar-refractivity contribution is 5.93. The van der Waals surface area contributed by atoms with Gasteiger partial charge < -0.3 is 14.5 Å². The molecule has 1 aliphatic heterocycles. The van der Waals surface area contributed by atoms with Crippen LogP contribution in [0.15, 0.2) is 48.5 Å². The average Bonchev–Trinajstić information content (AvgIpc) is 2.67. The first-order valence-corrected chi connectivity index (χ1v) is 8.79. The summed E-state index contributed by atoms with van der Waals surface area (Å²) in [6, 6.07) is 15.3. The molecular formula is C21H24N2O3. The molecule has 0 aromatic heterocycles. The predicted octanol–water partition coefficient (Wildman–Crippen LogP) is 2.88. The fourth-order valence-corrected chi connectivity index (χ4v) is 3.13. The third kappa shape index (κ3) is 3.87. The Kier molecular flexibility index (Phi) is 5.26. The number of amides is 1. The summed E-state index contributed by atoms with van der Waals surface area (Å²) in [6.45, 7) is 2.84. The molecule has 0 spiro atoms. The zero-order valence-electron chi connectivity index (χ0n) is 15.4. The maximum absolute atomic E-state index is 12.7. The first-order chi connectivity index (χ1) is 12.5. The molecule has 0 aliphatic carbocycles. The Morgan fingerprint density at radius 3 is 2.54 bits per heavy atom. The highest BCUT2D eigenvalue weighted by Gasteiger charge is 2.27. The Morgan fingerprint density at radius 1 is 1.08 bits per heavy atom. The molecule has 0 saturated carbocycles. The Labute approximate surface area is 154 Å². The molecule has 0 fully saturated rings. The van der Waals surface area contributed by atoms with Crippen LogP contribution in [0.5, 0.6) is 0 Å². The van der Waals surface area contributed by atoms with Crippen molar-refractivity contribution in [3.05, 3.63) is 65.2 Å². The zero-order chi connectivity index (χ0) is 18.7. The van der Waals surface area contributed by atoms with E-state index in [0.717, 1.165) is 17.7 Å². The van der Waals surface area contributed by atoms with E-state index in [9.17, 15) is 9.59 Å². The van der Waals surface area contributed by atoms with Crippen LogP contribution in [0.4, 0.5) is 5.69 Å². The molecule has 3 rings (SSSR count). The number of anilines is 1. The van der Waals surface area contributed by atoms with Gasteiger partial charge in [-0.1, -0.05) is 30.3 Å². The monoisotopic (exact) mass is 352 g/mol. The molecule has 0 bridgehead atoms. The average molecular weight is 352 g/mol. The van der Waals surface area contributed by atoms with Crippen LogP contribution in [0.1, 0.15) is 28.4 Å². The van der Waals surface area contributed by atoms with Gasteiger partial charge >= 0.3 is 5.97 Å². The van der Waals surface area contributed by atoms with Crippen molar-refractivity contribution in [1.29, 1.82) is 0 Å². The van der Waals surface area contributed by atoms with Gasteiger partial charge in [-0.15, -0.1) is 0 Å². The van der Waals surface area contributed by atoms with Crippen LogP contribution in [0.25, 0.3) is 0 Å². The van der Waals surface area contributed by atoms with E-state index in [0.29, 0.717) is 18.7 Å². The summed E-state index contributed by atoms with van der Waals surface area (Å²) in [7, 11) is 3.82. The van der Waals surface area contributed by atoms with Crippen LogP contribution in [-0.2, 0) is 22.5 Å². The fraction of sp³-hybridized carbons (Fsp3) is 0.333. The molecule has 0 N–H and O–H groups in total. The van der Waals surface area contributed by atoms with E-state index >= 15 is 0 Å². The maximum atomic E-state index is 12.7. The molecule has 5 heteroatoms. The number of hydrogen-bond donors (Lipinski definition) is 0. The standard InChI is InChI=1S/C21H24N2O3/c1-15(26-21(25)17-9-6-10-19(13-17)22(2)3)20(24)23-12-11-16-7-4-5-8-18(16)14-23/h4-10,13,15H,11-12,14H2,1-3H3/t15-/m0/s1. The second kappa shape index (κ2) is 7.60. The van der Waals surface area contributed by atoms with Crippen molar-refractivity contribution in [2.45, 2.75) is 26.0 Å². The van der Waals surface area contributed by atoms with Gasteiger partial charge in [0.15, 0.2) is 6.10 Å². The number of carbonyl (C=O) groups is 2. The molecule has 26 heavy (non-hydrogen) atoms. The molecule has 1 heterocycles. The second-order valence-electron chi connectivity index (χ2n) is 6.77. The minimum Gasteiger partial charge on any atom is -0.449 e. The Hall–Kier alpha value is -2.82. The van der Waals surface area contributed by atoms with Crippen LogP contribution < -0.4 is 4.90 Å². The number of benzene rings is 2. The van der Waals surface area contributed by atoms with E-state index in [1.807, 2.05) is 43.3 Å². The van der Waals surface area contributed by atoms with Crippen LogP contribution >= 0.6 is 0 Å². The van der Waals surface area contributed by atoms with Gasteiger partial charge in [-0.2, -0.15) is 0 Å². The predicted molar refractivity (Wildman–Crippen MR) is 101 cm³/mol. The number of rotatable bonds is 4. The molecule has 5 nitrogen and oxygen atoms in total. The van der Waals surface area contributed by atoms with E-state index in [1.54, 1.807) is 30.0 Å². The minimum atomic E-state index is -0.809. The molecule has 2 aromatic carbocycles. The third-order valence-electron chi connectivity index (χ3n) is 4.67. The number of esters is 1. The molecule has 1 atom stereocenters. The minimum absolute atomic E-state index is 0.156. The van der Waals surface area contributed by atoms with Gasteiger partial charge in [0.05, 0.1) is 5.56 Å². The number of fused-ring (bicyclic) bond motifs is 1. The van der Waals surface area contributed by atoms with Gasteiger partial charge in [-0.3, -0.25) is 4.79 Å². The molecule has 1 amide bonds. The van der Waals surface area contributed by atoms with Crippen molar-refractivity contribution in [3.63, 3.8) is 0 Å². The van der Waals surface area contributed by atoms with Gasteiger partial charge in [-0.25, -0.2) is 4.79 Å². The van der Waals surface area contributed by atoms with Crippen LogP contribution in [0, 0.1) is 0 Å². The SMILES string of the molecule is C[C@H](OC(=O)c1cccc(N(C)C)c1)C(=O)N1CCc2ccccc2C1. The van der Waals surface area contributed by atoms with Gasteiger partial charge in [0.25, 0.3) is 5.91 Å². The molecule has 2 aromatic rings. The lowest BCUT2D eigenvalue weighted by atomic mass is 9.99. The summed E-state index contributed by atoms with van der Waals surface area (Å²) in [5, 5.41) is 0. The van der Waals surface area contributed by atoms with Crippen molar-refractivity contribution < 1.29 is 14.3 Å². The van der Waals surface area contributed by atoms with Crippen molar-refractivity contribution in [3.8, 4) is 0 Å². The number of hydrogen-bond acceptors (Lipinski definition) is 4. The Morgan fingerprint density at radius 2 is 1.81 bits per heavy atom. The molecule has 136 valence electrons. The van der Waals surface area contributed by atoms with Crippen molar-refractivity contribution in [1.82, 2.24) is 4.90 Å². The van der Waals surface area contributed by atoms with Crippen LogP contribution in [0.2, 0.25) is 0 Å². The van der Waals surface area contributed by atoms with E-state index in [-0.39, 0.29) is 5.91 Å². The van der Waals surface area contributed by atoms with E-state index in [4.69, 9.17) is 4.74 Å². The lowest BCUT2D eigenvalue weighted by Gasteiger charge is -2.30. The maximum Gasteiger partial charge on any atom is 0.338 e. The second-order valence-corrected chi connectivity index (χ2v) is 6.77. The van der Waals surface area contributed by atoms with E-state index in [2.05, 4.69) is 6.07 Å². The quantitative estimate of drug-likeness (QED) is 0.794. The van der Waals surface area contributed by atoms with Crippen molar-refractivity contribution >= 4 is 17.6 Å². The third-order valence-corrected chi connectivity index (χ3v) is 4.67. The zero-order valence-corrected chi connectivity index (χ0v) is 15.4. The van der Waals surface area contributed by atoms with E-state index in [1.165, 1.54) is 5.56 Å². The lowest BCUT2D eigenvalue weighted by molar-refractivity contribution is -0.140. The first-order valence-electron chi connectivity index (χ1n) is 8.79. The van der Waals surface area contributed by atoms with Gasteiger partial charge in [0.1, 0.15) is 0 Å². The largest absolute Gasteiger partial charge is 0.449 e. The van der Waals surface area contributed by atoms with Gasteiger partial charge in [0.2, 0.25) is 0 Å². The van der Waals surface area contributed by atoms with Crippen LogP contribution in [-0.4, -0.2) is 43.5 Å². The number of ether oxygens (including phenoxy) is 1. The summed E-state index contributed by atoms with van der Waals surface area (Å²) in [5.41, 5.74) is 3.79. The Bertz CT molecular complexity index is 816. The summed E-state index contributed by atoms with van der Waals surface area (Å²) >= 11 is 0. The fourth-order valence-electron chi connectivity index (χ4n) is 3.13. The lowest BCUT2D eigenvalue weighted by Crippen LogP contribution is -2.42. The molecule has 1 aliphatic rings. The highest BCUT2D eigenvalue weighted by atomic mass is 16.5. The molecule has 0 unspecified atom stereocenters. The number of nitrogens with zero attached hydrogens (tertiary/aromatic N) is 2. The van der Waals surface area contributed by atoms with Gasteiger partial charge in [0, 0.05) is 32.9 Å². The van der Waals surface area contributed by atoms with Crippen LogP contribution in [0.3, 0.4) is 0 Å². The first kappa shape index (κ1) is 18.0. The van der Waals surface area contributed by atoms with Crippen molar-refractivity contribution in [2.24, 2.45) is 0 Å². The molecule has 0 radical (unpaired) electrons. The normalized spacial score (nSPS) is 14.3. The molecule has 0 saturated heterocycles.